The molecular formula is C17H11BrClN3O2. The van der Waals surface area contributed by atoms with Gasteiger partial charge in [0.1, 0.15) is 0 Å². The Bertz CT molecular complexity index is 891. The van der Waals surface area contributed by atoms with E-state index in [9.17, 15) is 4.79 Å². The zero-order valence-corrected chi connectivity index (χ0v) is 14.6. The Labute approximate surface area is 151 Å². The molecule has 3 rings (SSSR count). The summed E-state index contributed by atoms with van der Waals surface area (Å²) in [5.41, 5.74) is 1.51. The van der Waals surface area contributed by atoms with Gasteiger partial charge in [0.15, 0.2) is 0 Å². The van der Waals surface area contributed by atoms with Crippen molar-refractivity contribution in [3.05, 3.63) is 69.7 Å². The van der Waals surface area contributed by atoms with Crippen LogP contribution in [0, 0.1) is 0 Å². The van der Waals surface area contributed by atoms with Gasteiger partial charge in [0.2, 0.25) is 5.89 Å². The van der Waals surface area contributed by atoms with Crippen molar-refractivity contribution < 1.29 is 9.21 Å². The standard InChI is InChI=1S/C17H11BrClN3O2/c18-13-8-5-12(6-9-13)16-21-22-17(24-16)20-15(23)10-7-11-3-1-2-4-14(11)19/h1-10H,(H,20,22,23). The van der Waals surface area contributed by atoms with E-state index in [1.54, 1.807) is 12.1 Å². The summed E-state index contributed by atoms with van der Waals surface area (Å²) in [4.78, 5) is 11.9. The number of amides is 1. The lowest BCUT2D eigenvalue weighted by molar-refractivity contribution is -0.112. The fraction of sp³-hybridized carbons (Fsp3) is 0. The maximum absolute atomic E-state index is 11.9. The number of carbonyl (C=O) groups excluding carboxylic acids is 1. The first kappa shape index (κ1) is 16.4. The quantitative estimate of drug-likeness (QED) is 0.634. The van der Waals surface area contributed by atoms with Crippen LogP contribution >= 0.6 is 27.5 Å². The van der Waals surface area contributed by atoms with Gasteiger partial charge in [-0.1, -0.05) is 50.8 Å². The van der Waals surface area contributed by atoms with Gasteiger partial charge >= 0.3 is 6.01 Å². The van der Waals surface area contributed by atoms with E-state index in [2.05, 4.69) is 31.4 Å². The maximum Gasteiger partial charge on any atom is 0.322 e. The molecule has 0 radical (unpaired) electrons. The van der Waals surface area contributed by atoms with Crippen LogP contribution in [0.1, 0.15) is 5.56 Å². The first-order valence-corrected chi connectivity index (χ1v) is 8.12. The Balaban J connectivity index is 1.67. The van der Waals surface area contributed by atoms with Gasteiger partial charge in [-0.2, -0.15) is 0 Å². The Morgan fingerprint density at radius 1 is 1.12 bits per heavy atom. The van der Waals surface area contributed by atoms with Gasteiger partial charge in [0.25, 0.3) is 5.91 Å². The molecule has 0 aliphatic heterocycles. The average molecular weight is 405 g/mol. The second-order valence-electron chi connectivity index (χ2n) is 4.76. The van der Waals surface area contributed by atoms with Crippen molar-refractivity contribution in [3.63, 3.8) is 0 Å². The van der Waals surface area contributed by atoms with E-state index in [0.717, 1.165) is 15.6 Å². The van der Waals surface area contributed by atoms with Crippen LogP contribution in [0.2, 0.25) is 5.02 Å². The van der Waals surface area contributed by atoms with Crippen molar-refractivity contribution in [2.75, 3.05) is 5.32 Å². The first-order valence-electron chi connectivity index (χ1n) is 6.95. The molecule has 0 aliphatic carbocycles. The Kier molecular flexibility index (Phi) is 5.08. The van der Waals surface area contributed by atoms with Crippen LogP contribution in [0.15, 0.2) is 63.5 Å². The molecule has 24 heavy (non-hydrogen) atoms. The van der Waals surface area contributed by atoms with E-state index < -0.39 is 0 Å². The number of halogens is 2. The minimum atomic E-state index is -0.388. The summed E-state index contributed by atoms with van der Waals surface area (Å²) in [6.07, 6.45) is 2.97. The molecular weight excluding hydrogens is 394 g/mol. The highest BCUT2D eigenvalue weighted by molar-refractivity contribution is 9.10. The van der Waals surface area contributed by atoms with E-state index in [-0.39, 0.29) is 11.9 Å². The van der Waals surface area contributed by atoms with Crippen LogP contribution in [-0.2, 0) is 4.79 Å². The normalized spacial score (nSPS) is 10.9. The Morgan fingerprint density at radius 3 is 2.62 bits per heavy atom. The summed E-state index contributed by atoms with van der Waals surface area (Å²) >= 11 is 9.38. The number of hydrogen-bond donors (Lipinski definition) is 1. The predicted molar refractivity (Wildman–Crippen MR) is 96.5 cm³/mol. The van der Waals surface area contributed by atoms with Gasteiger partial charge in [0, 0.05) is 21.1 Å². The molecule has 1 N–H and O–H groups in total. The van der Waals surface area contributed by atoms with Crippen molar-refractivity contribution in [1.82, 2.24) is 10.2 Å². The molecule has 1 amide bonds. The zero-order valence-electron chi connectivity index (χ0n) is 12.2. The topological polar surface area (TPSA) is 68.0 Å². The zero-order chi connectivity index (χ0) is 16.9. The molecule has 120 valence electrons. The van der Waals surface area contributed by atoms with Crippen molar-refractivity contribution in [3.8, 4) is 11.5 Å². The van der Waals surface area contributed by atoms with Gasteiger partial charge in [0.05, 0.1) is 0 Å². The summed E-state index contributed by atoms with van der Waals surface area (Å²) in [6, 6.07) is 14.6. The number of hydrogen-bond acceptors (Lipinski definition) is 4. The van der Waals surface area contributed by atoms with Crippen molar-refractivity contribution >= 4 is 45.5 Å². The monoisotopic (exact) mass is 403 g/mol. The highest BCUT2D eigenvalue weighted by Gasteiger charge is 2.10. The number of aromatic nitrogens is 2. The number of carbonyl (C=O) groups is 1. The third-order valence-corrected chi connectivity index (χ3v) is 3.94. The molecule has 0 saturated carbocycles. The molecule has 0 fully saturated rings. The minimum Gasteiger partial charge on any atom is -0.403 e. The predicted octanol–water partition coefficient (Wildman–Crippen LogP) is 4.80. The molecule has 0 spiro atoms. The first-order chi connectivity index (χ1) is 11.6. The Morgan fingerprint density at radius 2 is 1.88 bits per heavy atom. The number of nitrogens with one attached hydrogen (secondary N) is 1. The van der Waals surface area contributed by atoms with E-state index in [1.165, 1.54) is 6.08 Å². The van der Waals surface area contributed by atoms with Crippen LogP contribution in [0.4, 0.5) is 6.01 Å². The number of rotatable bonds is 4. The SMILES string of the molecule is O=C(C=Cc1ccccc1Cl)Nc1nnc(-c2ccc(Br)cc2)o1. The smallest absolute Gasteiger partial charge is 0.322 e. The molecule has 0 atom stereocenters. The molecule has 2 aromatic carbocycles. The molecule has 7 heteroatoms. The van der Waals surface area contributed by atoms with Gasteiger partial charge in [-0.15, -0.1) is 5.10 Å². The van der Waals surface area contributed by atoms with Crippen molar-refractivity contribution in [1.29, 1.82) is 0 Å². The number of benzene rings is 2. The molecule has 1 heterocycles. The summed E-state index contributed by atoms with van der Waals surface area (Å²) in [5, 5.41) is 10.8. The van der Waals surface area contributed by atoms with Gasteiger partial charge in [-0.3, -0.25) is 10.1 Å². The summed E-state index contributed by atoms with van der Waals surface area (Å²) in [7, 11) is 0. The molecule has 0 unspecified atom stereocenters. The maximum atomic E-state index is 11.9. The summed E-state index contributed by atoms with van der Waals surface area (Å²) in [5.74, 6) is -0.0613. The van der Waals surface area contributed by atoms with Crippen molar-refractivity contribution in [2.24, 2.45) is 0 Å². The summed E-state index contributed by atoms with van der Waals surface area (Å²) < 4.78 is 6.37. The Hall–Kier alpha value is -2.44. The molecule has 0 aliphatic rings. The van der Waals surface area contributed by atoms with Crippen LogP contribution in [0.5, 0.6) is 0 Å². The van der Waals surface area contributed by atoms with Gasteiger partial charge < -0.3 is 4.42 Å². The van der Waals surface area contributed by atoms with E-state index in [0.29, 0.717) is 10.9 Å². The second-order valence-corrected chi connectivity index (χ2v) is 6.09. The molecule has 0 bridgehead atoms. The summed E-state index contributed by atoms with van der Waals surface area (Å²) in [6.45, 7) is 0. The van der Waals surface area contributed by atoms with Gasteiger partial charge in [-0.05, 0) is 42.0 Å². The fourth-order valence-electron chi connectivity index (χ4n) is 1.91. The second kappa shape index (κ2) is 7.42. The van der Waals surface area contributed by atoms with Crippen LogP contribution < -0.4 is 5.32 Å². The molecule has 1 aromatic heterocycles. The lowest BCUT2D eigenvalue weighted by Gasteiger charge is -1.97. The highest BCUT2D eigenvalue weighted by atomic mass is 79.9. The molecule has 0 saturated heterocycles. The van der Waals surface area contributed by atoms with E-state index in [4.69, 9.17) is 16.0 Å². The van der Waals surface area contributed by atoms with Crippen LogP contribution in [-0.4, -0.2) is 16.1 Å². The molecule has 3 aromatic rings. The number of nitrogens with zero attached hydrogens (tertiary/aromatic N) is 2. The average Bonchev–Trinajstić information content (AvgIpc) is 3.03. The van der Waals surface area contributed by atoms with Crippen LogP contribution in [0.3, 0.4) is 0 Å². The van der Waals surface area contributed by atoms with E-state index in [1.807, 2.05) is 42.5 Å². The van der Waals surface area contributed by atoms with Crippen molar-refractivity contribution in [2.45, 2.75) is 0 Å². The highest BCUT2D eigenvalue weighted by Crippen LogP contribution is 2.22. The van der Waals surface area contributed by atoms with Gasteiger partial charge in [-0.25, -0.2) is 0 Å². The lowest BCUT2D eigenvalue weighted by atomic mass is 10.2. The largest absolute Gasteiger partial charge is 0.403 e. The third-order valence-electron chi connectivity index (χ3n) is 3.07. The van der Waals surface area contributed by atoms with E-state index >= 15 is 0 Å². The number of anilines is 1. The fourth-order valence-corrected chi connectivity index (χ4v) is 2.37. The lowest BCUT2D eigenvalue weighted by Crippen LogP contribution is -2.07. The minimum absolute atomic E-state index is 0.0294. The van der Waals surface area contributed by atoms with Crippen LogP contribution in [0.25, 0.3) is 17.5 Å². The molecule has 5 nitrogen and oxygen atoms in total. The third kappa shape index (κ3) is 4.10.